The summed E-state index contributed by atoms with van der Waals surface area (Å²) in [7, 11) is 2.64. The molecular weight excluding hydrogens is 548 g/mol. The molecule has 8 heteroatoms. The molecular formula is C35H48O8. The van der Waals surface area contributed by atoms with Gasteiger partial charge in [-0.2, -0.15) is 0 Å². The number of benzene rings is 2. The number of carbonyl (C=O) groups is 2. The van der Waals surface area contributed by atoms with Gasteiger partial charge in [-0.1, -0.05) is 63.3 Å². The van der Waals surface area contributed by atoms with Gasteiger partial charge in [0.15, 0.2) is 11.5 Å². The lowest BCUT2D eigenvalue weighted by molar-refractivity contribution is -0.145. The van der Waals surface area contributed by atoms with Crippen LogP contribution in [0.25, 0.3) is 0 Å². The van der Waals surface area contributed by atoms with Gasteiger partial charge >= 0.3 is 11.9 Å². The van der Waals surface area contributed by atoms with Gasteiger partial charge in [-0.15, -0.1) is 0 Å². The molecule has 0 unspecified atom stereocenters. The zero-order valence-corrected chi connectivity index (χ0v) is 26.2. The summed E-state index contributed by atoms with van der Waals surface area (Å²) < 4.78 is 21.4. The van der Waals surface area contributed by atoms with E-state index >= 15 is 0 Å². The molecule has 2 aromatic carbocycles. The van der Waals surface area contributed by atoms with Crippen LogP contribution in [-0.2, 0) is 20.9 Å². The molecule has 0 amide bonds. The molecule has 2 rings (SSSR count). The van der Waals surface area contributed by atoms with Crippen LogP contribution in [0.15, 0.2) is 48.6 Å². The molecule has 236 valence electrons. The zero-order valence-electron chi connectivity index (χ0n) is 26.2. The lowest BCUT2D eigenvalue weighted by Gasteiger charge is -2.17. The summed E-state index contributed by atoms with van der Waals surface area (Å²) in [6.45, 7) is 3.76. The van der Waals surface area contributed by atoms with Crippen LogP contribution in [0.4, 0.5) is 0 Å². The van der Waals surface area contributed by atoms with Crippen LogP contribution < -0.4 is 9.47 Å². The van der Waals surface area contributed by atoms with E-state index in [1.165, 1.54) is 58.1 Å². The van der Waals surface area contributed by atoms with Gasteiger partial charge in [0.1, 0.15) is 29.4 Å². The highest BCUT2D eigenvalue weighted by molar-refractivity contribution is 5.95. The predicted octanol–water partition coefficient (Wildman–Crippen LogP) is 8.85. The van der Waals surface area contributed by atoms with E-state index in [2.05, 4.69) is 31.2 Å². The van der Waals surface area contributed by atoms with Crippen molar-refractivity contribution in [1.82, 2.24) is 0 Å². The van der Waals surface area contributed by atoms with E-state index in [0.29, 0.717) is 16.9 Å². The number of unbranched alkanes of at least 4 members (excludes halogenated alkanes) is 8. The highest BCUT2D eigenvalue weighted by Gasteiger charge is 2.23. The lowest BCUT2D eigenvalue weighted by Crippen LogP contribution is -2.07. The average Bonchev–Trinajstić information content (AvgIpc) is 2.98. The molecule has 0 bridgehead atoms. The molecule has 0 saturated heterocycles. The number of hydrogen-bond donors (Lipinski definition) is 2. The minimum absolute atomic E-state index is 0.0115. The number of allylic oxidation sites excluding steroid dienone is 4. The molecule has 0 aromatic heterocycles. The number of carbonyl (C=O) groups excluding carboxylic acids is 2. The van der Waals surface area contributed by atoms with Crippen molar-refractivity contribution < 1.29 is 38.7 Å². The van der Waals surface area contributed by atoms with Crippen molar-refractivity contribution in [2.75, 3.05) is 14.2 Å². The second kappa shape index (κ2) is 20.1. The molecule has 0 saturated carbocycles. The Morgan fingerprint density at radius 1 is 0.814 bits per heavy atom. The average molecular weight is 597 g/mol. The zero-order chi connectivity index (χ0) is 31.5. The molecule has 0 aliphatic carbocycles. The Hall–Kier alpha value is -3.94. The molecule has 2 N–H and O–H groups in total. The molecule has 8 nitrogen and oxygen atoms in total. The Morgan fingerprint density at radius 2 is 1.49 bits per heavy atom. The van der Waals surface area contributed by atoms with Crippen molar-refractivity contribution >= 4 is 11.9 Å². The fraction of sp³-hybridized carbons (Fsp3) is 0.486. The van der Waals surface area contributed by atoms with Gasteiger partial charge in [0.25, 0.3) is 0 Å². The first-order valence-electron chi connectivity index (χ1n) is 15.3. The molecule has 0 heterocycles. The summed E-state index contributed by atoms with van der Waals surface area (Å²) in [5, 5.41) is 21.0. The Bertz CT molecular complexity index is 1210. The molecule has 0 radical (unpaired) electrons. The van der Waals surface area contributed by atoms with E-state index in [0.717, 1.165) is 44.9 Å². The molecule has 0 aliphatic heterocycles. The predicted molar refractivity (Wildman–Crippen MR) is 168 cm³/mol. The smallest absolute Gasteiger partial charge is 0.345 e. The van der Waals surface area contributed by atoms with Crippen LogP contribution >= 0.6 is 0 Å². The van der Waals surface area contributed by atoms with E-state index in [4.69, 9.17) is 18.9 Å². The van der Waals surface area contributed by atoms with Crippen LogP contribution in [0, 0.1) is 6.92 Å². The second-order valence-corrected chi connectivity index (χ2v) is 10.5. The second-order valence-electron chi connectivity index (χ2n) is 10.5. The first kappa shape index (κ1) is 35.3. The number of methoxy groups -OCH3 is 2. The van der Waals surface area contributed by atoms with Crippen molar-refractivity contribution in [2.45, 2.75) is 97.5 Å². The standard InChI is InChI=1S/C35H48O8/c1-5-6-7-8-9-10-11-12-13-14-15-16-17-18-19-20-32(38)42-25-27-23-28(40-3)24-30(37)34(27)43-31-22-26(2)21-29(36)33(31)35(39)41-4/h9-10,12-13,21-24,36-37H,5-8,11,14-20,25H2,1-4H3/b10-9-,13-12-. The normalized spacial score (nSPS) is 11.3. The minimum Gasteiger partial charge on any atom is -0.507 e. The molecule has 2 aromatic rings. The Morgan fingerprint density at radius 3 is 2.16 bits per heavy atom. The summed E-state index contributed by atoms with van der Waals surface area (Å²) in [6, 6.07) is 5.86. The maximum atomic E-state index is 12.5. The van der Waals surface area contributed by atoms with E-state index in [9.17, 15) is 19.8 Å². The highest BCUT2D eigenvalue weighted by Crippen LogP contribution is 2.41. The van der Waals surface area contributed by atoms with E-state index in [1.54, 1.807) is 13.0 Å². The first-order chi connectivity index (χ1) is 20.8. The van der Waals surface area contributed by atoms with Crippen LogP contribution in [0.1, 0.15) is 105 Å². The third-order valence-electron chi connectivity index (χ3n) is 6.90. The summed E-state index contributed by atoms with van der Waals surface area (Å²) in [6.07, 6.45) is 21.4. The Labute approximate surface area is 256 Å². The van der Waals surface area contributed by atoms with Gasteiger partial charge in [-0.25, -0.2) is 4.79 Å². The first-order valence-corrected chi connectivity index (χ1v) is 15.3. The number of rotatable bonds is 20. The van der Waals surface area contributed by atoms with Gasteiger partial charge < -0.3 is 29.2 Å². The quantitative estimate of drug-likeness (QED) is 0.0886. The van der Waals surface area contributed by atoms with Crippen molar-refractivity contribution in [1.29, 1.82) is 0 Å². The van der Waals surface area contributed by atoms with E-state index < -0.39 is 5.97 Å². The molecule has 0 aliphatic rings. The Balaban J connectivity index is 1.82. The largest absolute Gasteiger partial charge is 0.507 e. The fourth-order valence-corrected chi connectivity index (χ4v) is 4.53. The number of hydrogen-bond acceptors (Lipinski definition) is 8. The number of phenols is 2. The lowest BCUT2D eigenvalue weighted by atomic mass is 10.1. The third kappa shape index (κ3) is 12.8. The molecule has 0 spiro atoms. The van der Waals surface area contributed by atoms with Gasteiger partial charge in [0, 0.05) is 18.1 Å². The van der Waals surface area contributed by atoms with Crippen molar-refractivity contribution in [2.24, 2.45) is 0 Å². The molecule has 0 fully saturated rings. The summed E-state index contributed by atoms with van der Waals surface area (Å²) >= 11 is 0. The van der Waals surface area contributed by atoms with Gasteiger partial charge in [-0.3, -0.25) is 4.79 Å². The van der Waals surface area contributed by atoms with E-state index in [1.807, 2.05) is 0 Å². The fourth-order valence-electron chi connectivity index (χ4n) is 4.53. The van der Waals surface area contributed by atoms with Gasteiger partial charge in [-0.05, 0) is 69.2 Å². The maximum Gasteiger partial charge on any atom is 0.345 e. The third-order valence-corrected chi connectivity index (χ3v) is 6.90. The molecule has 0 atom stereocenters. The topological polar surface area (TPSA) is 112 Å². The van der Waals surface area contributed by atoms with Crippen molar-refractivity contribution in [3.05, 3.63) is 65.3 Å². The number of aromatic hydroxyl groups is 2. The molecule has 43 heavy (non-hydrogen) atoms. The number of ether oxygens (including phenoxy) is 4. The van der Waals surface area contributed by atoms with Crippen molar-refractivity contribution in [3.63, 3.8) is 0 Å². The van der Waals surface area contributed by atoms with Gasteiger partial charge in [0.05, 0.1) is 14.2 Å². The van der Waals surface area contributed by atoms with Crippen LogP contribution in [0.3, 0.4) is 0 Å². The summed E-state index contributed by atoms with van der Waals surface area (Å²) in [4.78, 5) is 24.8. The number of phenolic OH excluding ortho intramolecular Hbond substituents is 2. The Kier molecular flexibility index (Phi) is 16.4. The monoisotopic (exact) mass is 596 g/mol. The van der Waals surface area contributed by atoms with Crippen LogP contribution in [0.2, 0.25) is 0 Å². The van der Waals surface area contributed by atoms with Gasteiger partial charge in [0.2, 0.25) is 0 Å². The SMILES string of the molecule is CCCCC/C=C\C/C=C\CCCCCCCC(=O)OCc1cc(OC)cc(O)c1Oc1cc(C)cc(O)c1C(=O)OC. The number of esters is 2. The highest BCUT2D eigenvalue weighted by atomic mass is 16.5. The van der Waals surface area contributed by atoms with E-state index in [-0.39, 0.29) is 47.6 Å². The maximum absolute atomic E-state index is 12.5. The summed E-state index contributed by atoms with van der Waals surface area (Å²) in [5.41, 5.74) is 0.771. The van der Waals surface area contributed by atoms with Crippen LogP contribution in [-0.4, -0.2) is 36.4 Å². The number of aryl methyl sites for hydroxylation is 1. The van der Waals surface area contributed by atoms with Crippen LogP contribution in [0.5, 0.6) is 28.7 Å². The summed E-state index contributed by atoms with van der Waals surface area (Å²) in [5.74, 6) is -1.46. The van der Waals surface area contributed by atoms with Crippen molar-refractivity contribution in [3.8, 4) is 28.7 Å². The minimum atomic E-state index is -0.800.